The zero-order valence-corrected chi connectivity index (χ0v) is 11.1. The van der Waals surface area contributed by atoms with Crippen molar-refractivity contribution >= 4 is 11.6 Å². The Hall–Kier alpha value is -1.03. The van der Waals surface area contributed by atoms with Crippen LogP contribution in [0.4, 0.5) is 0 Å². The Labute approximate surface area is 113 Å². The molecule has 0 spiro atoms. The molecule has 18 heavy (non-hydrogen) atoms. The summed E-state index contributed by atoms with van der Waals surface area (Å²) in [6.45, 7) is 5.81. The lowest BCUT2D eigenvalue weighted by molar-refractivity contribution is -0.0104. The van der Waals surface area contributed by atoms with Crippen LogP contribution >= 0.6 is 11.6 Å². The Morgan fingerprint density at radius 3 is 2.50 bits per heavy atom. The Morgan fingerprint density at radius 2 is 1.94 bits per heavy atom. The molecule has 2 rings (SSSR count). The van der Waals surface area contributed by atoms with E-state index in [0.29, 0.717) is 10.7 Å². The van der Waals surface area contributed by atoms with E-state index >= 15 is 0 Å². The average molecular weight is 267 g/mol. The summed E-state index contributed by atoms with van der Waals surface area (Å²) in [4.78, 5) is 0. The normalized spacial score (nSPS) is 18.5. The van der Waals surface area contributed by atoms with E-state index in [1.54, 1.807) is 0 Å². The van der Waals surface area contributed by atoms with Crippen molar-refractivity contribution in [3.63, 3.8) is 0 Å². The van der Waals surface area contributed by atoms with Crippen molar-refractivity contribution < 1.29 is 4.74 Å². The van der Waals surface area contributed by atoms with Gasteiger partial charge < -0.3 is 15.8 Å². The summed E-state index contributed by atoms with van der Waals surface area (Å²) in [6, 6.07) is 7.56. The quantitative estimate of drug-likeness (QED) is 0.881. The number of benzene rings is 1. The molecule has 0 aromatic heterocycles. The van der Waals surface area contributed by atoms with Crippen LogP contribution in [0.1, 0.15) is 24.5 Å². The van der Waals surface area contributed by atoms with Gasteiger partial charge in [0.15, 0.2) is 0 Å². The summed E-state index contributed by atoms with van der Waals surface area (Å²) in [5.74, 6) is 0. The SMILES string of the molecule is C=C(N)[C@@H](OC1CCNCC1)c1ccc(Cl)cc1. The van der Waals surface area contributed by atoms with Crippen LogP contribution in [0.25, 0.3) is 0 Å². The summed E-state index contributed by atoms with van der Waals surface area (Å²) >= 11 is 5.89. The highest BCUT2D eigenvalue weighted by atomic mass is 35.5. The molecule has 98 valence electrons. The van der Waals surface area contributed by atoms with Crippen LogP contribution in [0, 0.1) is 0 Å². The molecule has 0 radical (unpaired) electrons. The highest BCUT2D eigenvalue weighted by molar-refractivity contribution is 6.30. The Kier molecular flexibility index (Phi) is 4.64. The number of rotatable bonds is 4. The molecule has 3 nitrogen and oxygen atoms in total. The van der Waals surface area contributed by atoms with E-state index in [-0.39, 0.29) is 12.2 Å². The van der Waals surface area contributed by atoms with Crippen molar-refractivity contribution in [1.29, 1.82) is 0 Å². The van der Waals surface area contributed by atoms with Gasteiger partial charge in [-0.05, 0) is 43.6 Å². The van der Waals surface area contributed by atoms with Gasteiger partial charge in [0.05, 0.1) is 6.10 Å². The Bertz CT molecular complexity index is 399. The first-order chi connectivity index (χ1) is 8.66. The molecule has 1 aromatic carbocycles. The van der Waals surface area contributed by atoms with Gasteiger partial charge in [0, 0.05) is 10.7 Å². The lowest BCUT2D eigenvalue weighted by atomic mass is 10.1. The predicted molar refractivity (Wildman–Crippen MR) is 74.5 cm³/mol. The number of nitrogens with two attached hydrogens (primary N) is 1. The van der Waals surface area contributed by atoms with Gasteiger partial charge in [0.2, 0.25) is 0 Å². The minimum atomic E-state index is -0.245. The molecule has 0 aliphatic carbocycles. The van der Waals surface area contributed by atoms with Crippen molar-refractivity contribution in [1.82, 2.24) is 5.32 Å². The zero-order valence-electron chi connectivity index (χ0n) is 10.4. The smallest absolute Gasteiger partial charge is 0.121 e. The third-order valence-corrected chi connectivity index (χ3v) is 3.38. The van der Waals surface area contributed by atoms with Gasteiger partial charge in [-0.25, -0.2) is 0 Å². The van der Waals surface area contributed by atoms with E-state index in [9.17, 15) is 0 Å². The standard InChI is InChI=1S/C14H19ClN2O/c1-10(16)14(11-2-4-12(15)5-3-11)18-13-6-8-17-9-7-13/h2-5,13-14,17H,1,6-9,16H2/t14-/m1/s1. The average Bonchev–Trinajstić information content (AvgIpc) is 2.38. The number of nitrogens with one attached hydrogen (secondary N) is 1. The van der Waals surface area contributed by atoms with Gasteiger partial charge in [-0.1, -0.05) is 30.3 Å². The second-order valence-corrected chi connectivity index (χ2v) is 5.03. The molecule has 0 bridgehead atoms. The summed E-state index contributed by atoms with van der Waals surface area (Å²) in [5.41, 5.74) is 7.40. The molecule has 0 unspecified atom stereocenters. The van der Waals surface area contributed by atoms with Crippen molar-refractivity contribution in [2.45, 2.75) is 25.0 Å². The second kappa shape index (κ2) is 6.23. The third kappa shape index (κ3) is 3.48. The van der Waals surface area contributed by atoms with Gasteiger partial charge in [0.1, 0.15) is 6.10 Å². The molecule has 1 saturated heterocycles. The van der Waals surface area contributed by atoms with E-state index in [1.165, 1.54) is 0 Å². The van der Waals surface area contributed by atoms with Crippen LogP contribution in [0.3, 0.4) is 0 Å². The molecule has 4 heteroatoms. The van der Waals surface area contributed by atoms with Crippen LogP contribution in [-0.2, 0) is 4.74 Å². The maximum atomic E-state index is 6.07. The first-order valence-electron chi connectivity index (χ1n) is 6.22. The van der Waals surface area contributed by atoms with Gasteiger partial charge in [-0.2, -0.15) is 0 Å². The zero-order chi connectivity index (χ0) is 13.0. The predicted octanol–water partition coefficient (Wildman–Crippen LogP) is 2.62. The molecule has 1 atom stereocenters. The number of hydrogen-bond donors (Lipinski definition) is 2. The molecule has 1 heterocycles. The maximum absolute atomic E-state index is 6.07. The highest BCUT2D eigenvalue weighted by Gasteiger charge is 2.21. The fraction of sp³-hybridized carbons (Fsp3) is 0.429. The summed E-state index contributed by atoms with van der Waals surface area (Å²) in [7, 11) is 0. The van der Waals surface area contributed by atoms with Crippen molar-refractivity contribution in [3.05, 3.63) is 47.1 Å². The molecule has 1 fully saturated rings. The lowest BCUT2D eigenvalue weighted by Gasteiger charge is -2.28. The van der Waals surface area contributed by atoms with Crippen LogP contribution in [0.15, 0.2) is 36.5 Å². The molecule has 1 aromatic rings. The van der Waals surface area contributed by atoms with E-state index in [4.69, 9.17) is 22.1 Å². The van der Waals surface area contributed by atoms with Gasteiger partial charge in [0.25, 0.3) is 0 Å². The minimum absolute atomic E-state index is 0.243. The molecule has 1 aliphatic rings. The molecular weight excluding hydrogens is 248 g/mol. The van der Waals surface area contributed by atoms with Crippen LogP contribution in [0.2, 0.25) is 5.02 Å². The van der Waals surface area contributed by atoms with Crippen LogP contribution in [-0.4, -0.2) is 19.2 Å². The van der Waals surface area contributed by atoms with E-state index < -0.39 is 0 Å². The fourth-order valence-electron chi connectivity index (χ4n) is 2.14. The molecule has 0 saturated carbocycles. The topological polar surface area (TPSA) is 47.3 Å². The number of piperidine rings is 1. The Balaban J connectivity index is 2.07. The van der Waals surface area contributed by atoms with Gasteiger partial charge >= 0.3 is 0 Å². The first kappa shape index (κ1) is 13.4. The highest BCUT2D eigenvalue weighted by Crippen LogP contribution is 2.27. The van der Waals surface area contributed by atoms with Crippen molar-refractivity contribution in [2.75, 3.05) is 13.1 Å². The van der Waals surface area contributed by atoms with Crippen LogP contribution in [0.5, 0.6) is 0 Å². The molecule has 1 aliphatic heterocycles. The first-order valence-corrected chi connectivity index (χ1v) is 6.60. The van der Waals surface area contributed by atoms with Crippen molar-refractivity contribution in [2.24, 2.45) is 5.73 Å². The minimum Gasteiger partial charge on any atom is -0.400 e. The van der Waals surface area contributed by atoms with E-state index in [1.807, 2.05) is 24.3 Å². The van der Waals surface area contributed by atoms with Gasteiger partial charge in [-0.15, -0.1) is 0 Å². The summed E-state index contributed by atoms with van der Waals surface area (Å²) in [6.07, 6.45) is 2.02. The maximum Gasteiger partial charge on any atom is 0.121 e. The number of hydrogen-bond acceptors (Lipinski definition) is 3. The fourth-order valence-corrected chi connectivity index (χ4v) is 2.27. The number of halogens is 1. The third-order valence-electron chi connectivity index (χ3n) is 3.12. The Morgan fingerprint density at radius 1 is 1.33 bits per heavy atom. The molecule has 0 amide bonds. The van der Waals surface area contributed by atoms with E-state index in [2.05, 4.69) is 11.9 Å². The largest absolute Gasteiger partial charge is 0.400 e. The van der Waals surface area contributed by atoms with E-state index in [0.717, 1.165) is 31.5 Å². The van der Waals surface area contributed by atoms with Crippen LogP contribution < -0.4 is 11.1 Å². The molecular formula is C14H19ClN2O. The van der Waals surface area contributed by atoms with Gasteiger partial charge in [-0.3, -0.25) is 0 Å². The summed E-state index contributed by atoms with van der Waals surface area (Å²) in [5, 5.41) is 4.02. The second-order valence-electron chi connectivity index (χ2n) is 4.59. The number of ether oxygens (including phenoxy) is 1. The van der Waals surface area contributed by atoms with Crippen molar-refractivity contribution in [3.8, 4) is 0 Å². The monoisotopic (exact) mass is 266 g/mol. The summed E-state index contributed by atoms with van der Waals surface area (Å²) < 4.78 is 6.07. The lowest BCUT2D eigenvalue weighted by Crippen LogP contribution is -2.34. The molecule has 3 N–H and O–H groups in total.